The van der Waals surface area contributed by atoms with Crippen molar-refractivity contribution >= 4 is 0 Å². The fourth-order valence-corrected chi connectivity index (χ4v) is 3.48. The van der Waals surface area contributed by atoms with E-state index in [1.165, 1.54) is 38.6 Å². The molecular formula is C17H25NO. The molecule has 0 radical (unpaired) electrons. The first-order valence-corrected chi connectivity index (χ1v) is 7.80. The van der Waals surface area contributed by atoms with Gasteiger partial charge in [0.1, 0.15) is 0 Å². The van der Waals surface area contributed by atoms with Crippen molar-refractivity contribution in [1.29, 1.82) is 0 Å². The van der Waals surface area contributed by atoms with Crippen molar-refractivity contribution in [1.82, 2.24) is 5.32 Å². The summed E-state index contributed by atoms with van der Waals surface area (Å²) in [6.45, 7) is 4.23. The molecule has 1 fully saturated rings. The second-order valence-corrected chi connectivity index (χ2v) is 6.00. The van der Waals surface area contributed by atoms with E-state index in [2.05, 4.69) is 29.6 Å². The zero-order chi connectivity index (χ0) is 12.9. The molecule has 104 valence electrons. The largest absolute Gasteiger partial charge is 0.381 e. The van der Waals surface area contributed by atoms with Gasteiger partial charge in [-0.25, -0.2) is 0 Å². The monoisotopic (exact) mass is 259 g/mol. The Morgan fingerprint density at radius 3 is 2.79 bits per heavy atom. The molecule has 1 atom stereocenters. The third-order valence-corrected chi connectivity index (χ3v) is 4.66. The lowest BCUT2D eigenvalue weighted by Gasteiger charge is -2.27. The summed E-state index contributed by atoms with van der Waals surface area (Å²) in [5, 5.41) is 3.71. The van der Waals surface area contributed by atoms with Crippen LogP contribution in [0, 0.1) is 5.92 Å². The van der Waals surface area contributed by atoms with Gasteiger partial charge in [0.25, 0.3) is 0 Å². The van der Waals surface area contributed by atoms with E-state index >= 15 is 0 Å². The first-order chi connectivity index (χ1) is 9.43. The predicted molar refractivity (Wildman–Crippen MR) is 78.5 cm³/mol. The molecule has 19 heavy (non-hydrogen) atoms. The summed E-state index contributed by atoms with van der Waals surface area (Å²) in [6.07, 6.45) is 6.42. The Balaban J connectivity index is 1.50. The molecule has 0 aromatic heterocycles. The second kappa shape index (κ2) is 6.53. The standard InChI is InChI=1S/C17H25NO/c1-2-7-17-15(4-1)5-3-6-16(17)13-18-12-14-8-10-19-11-9-14/h1-2,4,7,14,16,18H,3,5-6,8-13H2. The van der Waals surface area contributed by atoms with Crippen molar-refractivity contribution in [3.63, 3.8) is 0 Å². The molecule has 1 aromatic rings. The highest BCUT2D eigenvalue weighted by Gasteiger charge is 2.20. The third-order valence-electron chi connectivity index (χ3n) is 4.66. The van der Waals surface area contributed by atoms with Gasteiger partial charge < -0.3 is 10.1 Å². The molecule has 2 heteroatoms. The van der Waals surface area contributed by atoms with E-state index in [9.17, 15) is 0 Å². The molecule has 0 saturated carbocycles. The number of ether oxygens (including phenoxy) is 1. The molecule has 0 amide bonds. The molecule has 1 aliphatic heterocycles. The van der Waals surface area contributed by atoms with Crippen molar-refractivity contribution in [2.45, 2.75) is 38.0 Å². The van der Waals surface area contributed by atoms with Crippen molar-refractivity contribution in [3.8, 4) is 0 Å². The minimum absolute atomic E-state index is 0.727. The normalized spacial score (nSPS) is 24.1. The zero-order valence-corrected chi connectivity index (χ0v) is 11.7. The molecule has 0 spiro atoms. The molecule has 1 aliphatic carbocycles. The molecule has 1 N–H and O–H groups in total. The van der Waals surface area contributed by atoms with Gasteiger partial charge in [-0.05, 0) is 61.6 Å². The van der Waals surface area contributed by atoms with Gasteiger partial charge in [-0.15, -0.1) is 0 Å². The molecule has 2 nitrogen and oxygen atoms in total. The van der Waals surface area contributed by atoms with Crippen molar-refractivity contribution in [2.75, 3.05) is 26.3 Å². The minimum atomic E-state index is 0.727. The maximum absolute atomic E-state index is 5.41. The lowest BCUT2D eigenvalue weighted by atomic mass is 9.83. The van der Waals surface area contributed by atoms with Crippen LogP contribution in [-0.2, 0) is 11.2 Å². The summed E-state index contributed by atoms with van der Waals surface area (Å²) in [5.41, 5.74) is 3.17. The van der Waals surface area contributed by atoms with E-state index < -0.39 is 0 Å². The number of benzene rings is 1. The van der Waals surface area contributed by atoms with Crippen LogP contribution in [0.5, 0.6) is 0 Å². The summed E-state index contributed by atoms with van der Waals surface area (Å²) in [5.74, 6) is 1.55. The van der Waals surface area contributed by atoms with Crippen molar-refractivity contribution < 1.29 is 4.74 Å². The highest BCUT2D eigenvalue weighted by Crippen LogP contribution is 2.30. The number of aryl methyl sites for hydroxylation is 1. The van der Waals surface area contributed by atoms with E-state index in [4.69, 9.17) is 4.74 Å². The van der Waals surface area contributed by atoms with Gasteiger partial charge in [-0.3, -0.25) is 0 Å². The van der Waals surface area contributed by atoms with Gasteiger partial charge in [0.15, 0.2) is 0 Å². The van der Waals surface area contributed by atoms with Crippen LogP contribution in [-0.4, -0.2) is 26.3 Å². The van der Waals surface area contributed by atoms with Crippen LogP contribution in [0.25, 0.3) is 0 Å². The molecule has 2 aliphatic rings. The smallest absolute Gasteiger partial charge is 0.0469 e. The Morgan fingerprint density at radius 2 is 1.89 bits per heavy atom. The van der Waals surface area contributed by atoms with Crippen LogP contribution >= 0.6 is 0 Å². The topological polar surface area (TPSA) is 21.3 Å². The van der Waals surface area contributed by atoms with Crippen LogP contribution in [0.4, 0.5) is 0 Å². The molecule has 0 bridgehead atoms. The Kier molecular flexibility index (Phi) is 4.52. The lowest BCUT2D eigenvalue weighted by Crippen LogP contribution is -2.31. The number of rotatable bonds is 4. The van der Waals surface area contributed by atoms with Gasteiger partial charge >= 0.3 is 0 Å². The number of nitrogens with one attached hydrogen (secondary N) is 1. The Hall–Kier alpha value is -0.860. The number of hydrogen-bond donors (Lipinski definition) is 1. The second-order valence-electron chi connectivity index (χ2n) is 6.00. The maximum Gasteiger partial charge on any atom is 0.0469 e. The Morgan fingerprint density at radius 1 is 1.05 bits per heavy atom. The lowest BCUT2D eigenvalue weighted by molar-refractivity contribution is 0.0662. The minimum Gasteiger partial charge on any atom is -0.381 e. The van der Waals surface area contributed by atoms with Crippen LogP contribution in [0.2, 0.25) is 0 Å². The maximum atomic E-state index is 5.41. The van der Waals surface area contributed by atoms with Gasteiger partial charge in [0, 0.05) is 19.8 Å². The van der Waals surface area contributed by atoms with Crippen LogP contribution in [0.3, 0.4) is 0 Å². The Labute approximate surface area is 116 Å². The van der Waals surface area contributed by atoms with Crippen LogP contribution < -0.4 is 5.32 Å². The molecular weight excluding hydrogens is 234 g/mol. The average molecular weight is 259 g/mol. The van der Waals surface area contributed by atoms with Gasteiger partial charge in [-0.1, -0.05) is 24.3 Å². The summed E-state index contributed by atoms with van der Waals surface area (Å²) >= 11 is 0. The number of fused-ring (bicyclic) bond motifs is 1. The molecule has 1 saturated heterocycles. The average Bonchev–Trinajstić information content (AvgIpc) is 2.49. The summed E-state index contributed by atoms with van der Waals surface area (Å²) in [6, 6.07) is 9.00. The summed E-state index contributed by atoms with van der Waals surface area (Å²) in [4.78, 5) is 0. The van der Waals surface area contributed by atoms with Crippen LogP contribution in [0.15, 0.2) is 24.3 Å². The predicted octanol–water partition coefficient (Wildman–Crippen LogP) is 3.12. The van der Waals surface area contributed by atoms with E-state index in [0.29, 0.717) is 0 Å². The Bertz CT molecular complexity index is 398. The SMILES string of the molecule is c1ccc2c(c1)CCCC2CNCC1CCOCC1. The zero-order valence-electron chi connectivity index (χ0n) is 11.7. The van der Waals surface area contributed by atoms with E-state index in [1.807, 2.05) is 0 Å². The molecule has 1 aromatic carbocycles. The van der Waals surface area contributed by atoms with E-state index in [1.54, 1.807) is 11.1 Å². The van der Waals surface area contributed by atoms with Gasteiger partial charge in [-0.2, -0.15) is 0 Å². The third kappa shape index (κ3) is 3.37. The van der Waals surface area contributed by atoms with Crippen LogP contribution in [0.1, 0.15) is 42.7 Å². The van der Waals surface area contributed by atoms with Gasteiger partial charge in [0.2, 0.25) is 0 Å². The highest BCUT2D eigenvalue weighted by molar-refractivity contribution is 5.32. The summed E-state index contributed by atoms with van der Waals surface area (Å²) < 4.78 is 5.41. The van der Waals surface area contributed by atoms with E-state index in [-0.39, 0.29) is 0 Å². The van der Waals surface area contributed by atoms with Crippen molar-refractivity contribution in [3.05, 3.63) is 35.4 Å². The van der Waals surface area contributed by atoms with E-state index in [0.717, 1.165) is 31.6 Å². The first kappa shape index (κ1) is 13.1. The number of hydrogen-bond acceptors (Lipinski definition) is 2. The first-order valence-electron chi connectivity index (χ1n) is 7.80. The molecule has 1 heterocycles. The molecule has 1 unspecified atom stereocenters. The fraction of sp³-hybridized carbons (Fsp3) is 0.647. The summed E-state index contributed by atoms with van der Waals surface area (Å²) in [7, 11) is 0. The quantitative estimate of drug-likeness (QED) is 0.897. The molecule has 3 rings (SSSR count). The van der Waals surface area contributed by atoms with Gasteiger partial charge in [0.05, 0.1) is 0 Å². The van der Waals surface area contributed by atoms with Crippen molar-refractivity contribution in [2.24, 2.45) is 5.92 Å². The fourth-order valence-electron chi connectivity index (χ4n) is 3.48. The highest BCUT2D eigenvalue weighted by atomic mass is 16.5.